The molecule has 0 spiro atoms. The van der Waals surface area contributed by atoms with Gasteiger partial charge in [-0.1, -0.05) is 18.9 Å². The number of fused-ring (bicyclic) bond motifs is 1. The van der Waals surface area contributed by atoms with Crippen LogP contribution in [-0.2, 0) is 5.60 Å². The third-order valence-corrected chi connectivity index (χ3v) is 5.28. The van der Waals surface area contributed by atoms with Crippen LogP contribution in [0.25, 0.3) is 17.0 Å². The zero-order valence-electron chi connectivity index (χ0n) is 16.0. The van der Waals surface area contributed by atoms with Crippen LogP contribution < -0.4 is 5.32 Å². The van der Waals surface area contributed by atoms with E-state index in [1.165, 1.54) is 12.1 Å². The molecule has 0 unspecified atom stereocenters. The van der Waals surface area contributed by atoms with Crippen LogP contribution in [0.2, 0.25) is 0 Å². The average molecular weight is 386 g/mol. The maximum absolute atomic E-state index is 14.3. The normalized spacial score (nSPS) is 20.5. The lowest BCUT2D eigenvalue weighted by Gasteiger charge is -2.27. The van der Waals surface area contributed by atoms with Gasteiger partial charge in [0.1, 0.15) is 23.5 Å². The van der Waals surface area contributed by atoms with Crippen LogP contribution in [0.15, 0.2) is 36.7 Å². The van der Waals surface area contributed by atoms with Gasteiger partial charge >= 0.3 is 0 Å². The minimum Gasteiger partial charge on any atom is -0.386 e. The van der Waals surface area contributed by atoms with Crippen LogP contribution in [0.4, 0.5) is 14.6 Å². The SMILES string of the molecule is CC(C)(O)c1ccc2ncc(-c3cc(F)cc(N[C@H]4CCCC[C@@H]4F)n3)n2c1. The van der Waals surface area contributed by atoms with Gasteiger partial charge < -0.3 is 10.4 Å². The molecule has 0 bridgehead atoms. The molecule has 4 rings (SSSR count). The Morgan fingerprint density at radius 3 is 2.75 bits per heavy atom. The summed E-state index contributed by atoms with van der Waals surface area (Å²) in [6, 6.07) is 5.88. The van der Waals surface area contributed by atoms with E-state index >= 15 is 0 Å². The number of rotatable bonds is 4. The zero-order chi connectivity index (χ0) is 19.9. The van der Waals surface area contributed by atoms with E-state index in [2.05, 4.69) is 15.3 Å². The first-order valence-corrected chi connectivity index (χ1v) is 9.60. The predicted octanol–water partition coefficient (Wildman–Crippen LogP) is 4.46. The summed E-state index contributed by atoms with van der Waals surface area (Å²) in [7, 11) is 0. The van der Waals surface area contributed by atoms with Gasteiger partial charge in [0.2, 0.25) is 0 Å². The largest absolute Gasteiger partial charge is 0.386 e. The highest BCUT2D eigenvalue weighted by Gasteiger charge is 2.25. The topological polar surface area (TPSA) is 62.5 Å². The Labute approximate surface area is 162 Å². The van der Waals surface area contributed by atoms with Crippen molar-refractivity contribution in [2.24, 2.45) is 0 Å². The van der Waals surface area contributed by atoms with Gasteiger partial charge in [-0.15, -0.1) is 0 Å². The third kappa shape index (κ3) is 3.71. The van der Waals surface area contributed by atoms with E-state index in [0.29, 0.717) is 41.3 Å². The molecule has 7 heteroatoms. The summed E-state index contributed by atoms with van der Waals surface area (Å²) in [6.07, 6.45) is 5.50. The molecule has 148 valence electrons. The molecule has 2 atom stereocenters. The highest BCUT2D eigenvalue weighted by molar-refractivity contribution is 5.62. The van der Waals surface area contributed by atoms with Crippen LogP contribution in [0, 0.1) is 5.82 Å². The lowest BCUT2D eigenvalue weighted by molar-refractivity contribution is 0.0781. The quantitative estimate of drug-likeness (QED) is 0.695. The Bertz CT molecular complexity index is 996. The van der Waals surface area contributed by atoms with Crippen molar-refractivity contribution in [2.75, 3.05) is 5.32 Å². The maximum Gasteiger partial charge on any atom is 0.137 e. The lowest BCUT2D eigenvalue weighted by Crippen LogP contribution is -2.33. The van der Waals surface area contributed by atoms with Crippen molar-refractivity contribution in [2.45, 2.75) is 57.3 Å². The number of aliphatic hydroxyl groups is 1. The summed E-state index contributed by atoms with van der Waals surface area (Å²) < 4.78 is 30.2. The van der Waals surface area contributed by atoms with Crippen molar-refractivity contribution in [1.29, 1.82) is 0 Å². The molecule has 3 aromatic heterocycles. The highest BCUT2D eigenvalue weighted by Crippen LogP contribution is 2.28. The number of nitrogens with zero attached hydrogens (tertiary/aromatic N) is 3. The summed E-state index contributed by atoms with van der Waals surface area (Å²) >= 11 is 0. The second kappa shape index (κ2) is 7.13. The van der Waals surface area contributed by atoms with Crippen molar-refractivity contribution < 1.29 is 13.9 Å². The minimum atomic E-state index is -1.02. The van der Waals surface area contributed by atoms with Crippen molar-refractivity contribution in [3.05, 3.63) is 48.0 Å². The van der Waals surface area contributed by atoms with Gasteiger partial charge in [0, 0.05) is 18.3 Å². The van der Waals surface area contributed by atoms with E-state index in [1.54, 1.807) is 36.7 Å². The molecule has 5 nitrogen and oxygen atoms in total. The van der Waals surface area contributed by atoms with Crippen molar-refractivity contribution in [3.8, 4) is 11.4 Å². The number of alkyl halides is 1. The van der Waals surface area contributed by atoms with Crippen molar-refractivity contribution in [1.82, 2.24) is 14.4 Å². The van der Waals surface area contributed by atoms with Gasteiger partial charge in [-0.3, -0.25) is 4.40 Å². The number of pyridine rings is 2. The number of halogens is 2. The molecule has 1 fully saturated rings. The molecular weight excluding hydrogens is 362 g/mol. The van der Waals surface area contributed by atoms with E-state index < -0.39 is 17.6 Å². The van der Waals surface area contributed by atoms with Gasteiger partial charge in [-0.25, -0.2) is 18.7 Å². The maximum atomic E-state index is 14.3. The number of nitrogens with one attached hydrogen (secondary N) is 1. The van der Waals surface area contributed by atoms with Crippen LogP contribution >= 0.6 is 0 Å². The number of imidazole rings is 1. The fourth-order valence-corrected chi connectivity index (χ4v) is 3.67. The molecule has 3 aromatic rings. The minimum absolute atomic E-state index is 0.318. The van der Waals surface area contributed by atoms with Gasteiger partial charge in [0.15, 0.2) is 0 Å². The Morgan fingerprint density at radius 1 is 1.21 bits per heavy atom. The molecule has 0 saturated heterocycles. The van der Waals surface area contributed by atoms with Gasteiger partial charge in [0.25, 0.3) is 0 Å². The molecular formula is C21H24F2N4O. The van der Waals surface area contributed by atoms with Gasteiger partial charge in [0.05, 0.1) is 29.2 Å². The number of hydrogen-bond donors (Lipinski definition) is 2. The summed E-state index contributed by atoms with van der Waals surface area (Å²) in [4.78, 5) is 8.85. The van der Waals surface area contributed by atoms with Crippen LogP contribution in [0.1, 0.15) is 45.1 Å². The number of hydrogen-bond acceptors (Lipinski definition) is 4. The molecule has 3 heterocycles. The zero-order valence-corrected chi connectivity index (χ0v) is 16.0. The summed E-state index contributed by atoms with van der Waals surface area (Å²) in [5.74, 6) is -0.134. The van der Waals surface area contributed by atoms with Crippen LogP contribution in [0.5, 0.6) is 0 Å². The lowest BCUT2D eigenvalue weighted by atomic mass is 9.93. The first-order valence-electron chi connectivity index (χ1n) is 9.60. The molecule has 1 aliphatic carbocycles. The molecule has 0 aliphatic heterocycles. The molecule has 1 aliphatic rings. The van der Waals surface area contributed by atoms with Gasteiger partial charge in [-0.2, -0.15) is 0 Å². The summed E-state index contributed by atoms with van der Waals surface area (Å²) in [5.41, 5.74) is 1.35. The van der Waals surface area contributed by atoms with Crippen LogP contribution in [-0.4, -0.2) is 31.7 Å². The van der Waals surface area contributed by atoms with E-state index in [9.17, 15) is 13.9 Å². The van der Waals surface area contributed by atoms with Crippen molar-refractivity contribution >= 4 is 11.5 Å². The van der Waals surface area contributed by atoms with Gasteiger partial charge in [-0.05, 0) is 38.3 Å². The molecule has 1 saturated carbocycles. The Balaban J connectivity index is 1.72. The summed E-state index contributed by atoms with van der Waals surface area (Å²) in [6.45, 7) is 3.40. The third-order valence-electron chi connectivity index (χ3n) is 5.28. The monoisotopic (exact) mass is 386 g/mol. The molecule has 28 heavy (non-hydrogen) atoms. The van der Waals surface area contributed by atoms with Crippen molar-refractivity contribution in [3.63, 3.8) is 0 Å². The van der Waals surface area contributed by atoms with E-state index in [1.807, 2.05) is 6.07 Å². The first-order chi connectivity index (χ1) is 13.3. The van der Waals surface area contributed by atoms with Crippen LogP contribution in [0.3, 0.4) is 0 Å². The first kappa shape index (κ1) is 18.8. The number of aromatic nitrogens is 3. The standard InChI is InChI=1S/C21H24F2N4O/c1-21(2,28)13-7-8-20-24-11-18(27(20)12-13)17-9-14(22)10-19(26-17)25-16-6-4-3-5-15(16)23/h7-12,15-16,28H,3-6H2,1-2H3,(H,25,26)/t15-,16-/m0/s1. The molecule has 2 N–H and O–H groups in total. The second-order valence-corrected chi connectivity index (χ2v) is 7.96. The van der Waals surface area contributed by atoms with E-state index in [4.69, 9.17) is 0 Å². The number of anilines is 1. The fourth-order valence-electron chi connectivity index (χ4n) is 3.67. The Kier molecular flexibility index (Phi) is 4.79. The summed E-state index contributed by atoms with van der Waals surface area (Å²) in [5, 5.41) is 13.3. The smallest absolute Gasteiger partial charge is 0.137 e. The van der Waals surface area contributed by atoms with E-state index in [0.717, 1.165) is 12.8 Å². The molecule has 0 amide bonds. The van der Waals surface area contributed by atoms with E-state index in [-0.39, 0.29) is 6.04 Å². The fraction of sp³-hybridized carbons (Fsp3) is 0.429. The highest BCUT2D eigenvalue weighted by atomic mass is 19.1. The second-order valence-electron chi connectivity index (χ2n) is 7.96. The Morgan fingerprint density at radius 2 is 2.00 bits per heavy atom. The average Bonchev–Trinajstić information content (AvgIpc) is 3.06. The molecule has 0 aromatic carbocycles. The predicted molar refractivity (Wildman–Crippen MR) is 104 cm³/mol. The Hall–Kier alpha value is -2.54. The molecule has 0 radical (unpaired) electrons.